The first-order valence-corrected chi connectivity index (χ1v) is 7.09. The second-order valence-corrected chi connectivity index (χ2v) is 6.49. The Hall–Kier alpha value is -0.830. The van der Waals surface area contributed by atoms with Gasteiger partial charge in [-0.15, -0.1) is 11.3 Å². The Labute approximate surface area is 120 Å². The fraction of sp³-hybridized carbons (Fsp3) is 0.214. The quantitative estimate of drug-likeness (QED) is 0.721. The van der Waals surface area contributed by atoms with Crippen molar-refractivity contribution in [2.24, 2.45) is 0 Å². The average Bonchev–Trinajstić information content (AvgIpc) is 2.63. The van der Waals surface area contributed by atoms with E-state index in [0.29, 0.717) is 20.7 Å². The third-order valence-electron chi connectivity index (χ3n) is 2.94. The molecule has 0 saturated carbocycles. The van der Waals surface area contributed by atoms with Gasteiger partial charge in [-0.2, -0.15) is 0 Å². The fourth-order valence-electron chi connectivity index (χ4n) is 1.91. The molecule has 0 aliphatic rings. The molecule has 0 bridgehead atoms. The molecule has 1 aromatic carbocycles. The van der Waals surface area contributed by atoms with Crippen molar-refractivity contribution in [2.75, 3.05) is 0 Å². The number of hydrogen-bond acceptors (Lipinski definition) is 2. The van der Waals surface area contributed by atoms with E-state index in [1.165, 1.54) is 11.3 Å². The lowest BCUT2D eigenvalue weighted by molar-refractivity contribution is 0.0993. The van der Waals surface area contributed by atoms with Gasteiger partial charge >= 0.3 is 0 Å². The number of halogens is 2. The first kappa shape index (κ1) is 13.6. The van der Waals surface area contributed by atoms with Crippen LogP contribution in [0.15, 0.2) is 24.3 Å². The number of carbonyl (C=O) groups excluding carboxylic acids is 1. The molecular weight excluding hydrogens is 287 g/mol. The summed E-state index contributed by atoms with van der Waals surface area (Å²) in [4.78, 5) is 12.2. The van der Waals surface area contributed by atoms with Crippen molar-refractivity contribution in [1.29, 1.82) is 0 Å². The summed E-state index contributed by atoms with van der Waals surface area (Å²) in [6, 6.07) is 7.66. The molecule has 1 nitrogen and oxygen atoms in total. The zero-order valence-electron chi connectivity index (χ0n) is 10.1. The first-order chi connectivity index (χ1) is 8.49. The first-order valence-electron chi connectivity index (χ1n) is 5.52. The van der Waals surface area contributed by atoms with Crippen LogP contribution in [-0.4, -0.2) is 5.78 Å². The highest BCUT2D eigenvalue weighted by molar-refractivity contribution is 7.20. The molecule has 0 spiro atoms. The predicted molar refractivity (Wildman–Crippen MR) is 78.3 cm³/mol. The summed E-state index contributed by atoms with van der Waals surface area (Å²) < 4.78 is 1.01. The van der Waals surface area contributed by atoms with E-state index in [1.807, 2.05) is 32.0 Å². The molecule has 0 aliphatic carbocycles. The molecule has 0 amide bonds. The molecule has 1 heterocycles. The molecule has 94 valence electrons. The van der Waals surface area contributed by atoms with Crippen LogP contribution in [0, 0.1) is 13.8 Å². The maximum Gasteiger partial charge on any atom is 0.169 e. The van der Waals surface area contributed by atoms with Gasteiger partial charge in [-0.1, -0.05) is 41.4 Å². The zero-order chi connectivity index (χ0) is 13.3. The molecular formula is C14H12Cl2OS. The van der Waals surface area contributed by atoms with Crippen molar-refractivity contribution in [3.05, 3.63) is 55.2 Å². The van der Waals surface area contributed by atoms with Crippen LogP contribution in [0.2, 0.25) is 8.67 Å². The Bertz CT molecular complexity index is 582. The molecule has 0 N–H and O–H groups in total. The van der Waals surface area contributed by atoms with E-state index in [2.05, 4.69) is 0 Å². The largest absolute Gasteiger partial charge is 0.294 e. The highest BCUT2D eigenvalue weighted by atomic mass is 35.5. The third-order valence-corrected chi connectivity index (χ3v) is 4.43. The number of Topliss-reactive ketones (excluding diaryl/α,β-unsaturated/α-hetero) is 1. The maximum absolute atomic E-state index is 12.2. The van der Waals surface area contributed by atoms with E-state index < -0.39 is 0 Å². The lowest BCUT2D eigenvalue weighted by Gasteiger charge is -2.08. The van der Waals surface area contributed by atoms with Gasteiger partial charge in [0, 0.05) is 12.0 Å². The fourth-order valence-corrected chi connectivity index (χ4v) is 3.41. The van der Waals surface area contributed by atoms with Gasteiger partial charge in [0.15, 0.2) is 5.78 Å². The molecule has 0 fully saturated rings. The average molecular weight is 299 g/mol. The van der Waals surface area contributed by atoms with Crippen molar-refractivity contribution in [1.82, 2.24) is 0 Å². The monoisotopic (exact) mass is 298 g/mol. The van der Waals surface area contributed by atoms with Crippen LogP contribution in [0.5, 0.6) is 0 Å². The second kappa shape index (κ2) is 5.43. The smallest absolute Gasteiger partial charge is 0.169 e. The van der Waals surface area contributed by atoms with Crippen molar-refractivity contribution in [3.8, 4) is 0 Å². The second-order valence-electron chi connectivity index (χ2n) is 4.21. The van der Waals surface area contributed by atoms with Crippen molar-refractivity contribution < 1.29 is 4.79 Å². The Morgan fingerprint density at radius 2 is 1.83 bits per heavy atom. The molecule has 18 heavy (non-hydrogen) atoms. The minimum atomic E-state index is 0.0144. The summed E-state index contributed by atoms with van der Waals surface area (Å²) in [7, 11) is 0. The van der Waals surface area contributed by atoms with Crippen molar-refractivity contribution in [2.45, 2.75) is 20.3 Å². The molecule has 0 unspecified atom stereocenters. The third kappa shape index (κ3) is 2.77. The molecule has 2 rings (SSSR count). The summed E-state index contributed by atoms with van der Waals surface area (Å²) in [5, 5.41) is 0. The molecule has 1 aromatic heterocycles. The van der Waals surface area contributed by atoms with Gasteiger partial charge in [0.2, 0.25) is 0 Å². The lowest BCUT2D eigenvalue weighted by atomic mass is 9.96. The van der Waals surface area contributed by atoms with Crippen LogP contribution >= 0.6 is 34.5 Å². The number of thiophene rings is 1. The number of hydrogen-bond donors (Lipinski definition) is 0. The minimum Gasteiger partial charge on any atom is -0.294 e. The standard InChI is InChI=1S/C14H12Cl2OS/c1-8-4-3-5-9(2)10(8)6-12(17)11-7-13(15)18-14(11)16/h3-5,7H,6H2,1-2H3. The number of rotatable bonds is 3. The normalized spacial score (nSPS) is 10.7. The Kier molecular flexibility index (Phi) is 4.10. The SMILES string of the molecule is Cc1cccc(C)c1CC(=O)c1cc(Cl)sc1Cl. The van der Waals surface area contributed by atoms with Crippen LogP contribution in [0.1, 0.15) is 27.0 Å². The summed E-state index contributed by atoms with van der Waals surface area (Å²) >= 11 is 13.1. The highest BCUT2D eigenvalue weighted by Crippen LogP contribution is 2.32. The summed E-state index contributed by atoms with van der Waals surface area (Å²) in [6.07, 6.45) is 0.366. The van der Waals surface area contributed by atoms with Gasteiger partial charge in [0.05, 0.1) is 4.34 Å². The molecule has 4 heteroatoms. The number of ketones is 1. The molecule has 2 aromatic rings. The van der Waals surface area contributed by atoms with Gasteiger partial charge in [-0.3, -0.25) is 4.79 Å². The lowest BCUT2D eigenvalue weighted by Crippen LogP contribution is -2.05. The predicted octanol–water partition coefficient (Wildman–Crippen LogP) is 5.10. The van der Waals surface area contributed by atoms with Crippen LogP contribution in [0.3, 0.4) is 0 Å². The molecule has 0 aliphatic heterocycles. The Balaban J connectivity index is 2.30. The topological polar surface area (TPSA) is 17.1 Å². The molecule has 0 radical (unpaired) electrons. The highest BCUT2D eigenvalue weighted by Gasteiger charge is 2.16. The van der Waals surface area contributed by atoms with E-state index in [0.717, 1.165) is 16.7 Å². The number of aryl methyl sites for hydroxylation is 2. The number of carbonyl (C=O) groups is 1. The van der Waals surface area contributed by atoms with E-state index in [9.17, 15) is 4.79 Å². The zero-order valence-corrected chi connectivity index (χ0v) is 12.4. The molecule has 0 atom stereocenters. The Morgan fingerprint density at radius 1 is 1.22 bits per heavy atom. The van der Waals surface area contributed by atoms with Crippen LogP contribution in [0.25, 0.3) is 0 Å². The van der Waals surface area contributed by atoms with Crippen LogP contribution < -0.4 is 0 Å². The molecule has 0 saturated heterocycles. The van der Waals surface area contributed by atoms with E-state index in [1.54, 1.807) is 6.07 Å². The maximum atomic E-state index is 12.2. The number of benzene rings is 1. The van der Waals surface area contributed by atoms with Crippen LogP contribution in [0.4, 0.5) is 0 Å². The van der Waals surface area contributed by atoms with E-state index in [-0.39, 0.29) is 5.78 Å². The van der Waals surface area contributed by atoms with Gasteiger partial charge in [0.25, 0.3) is 0 Å². The Morgan fingerprint density at radius 3 is 2.33 bits per heavy atom. The summed E-state index contributed by atoms with van der Waals surface area (Å²) in [5.74, 6) is 0.0144. The van der Waals surface area contributed by atoms with Gasteiger partial charge in [-0.25, -0.2) is 0 Å². The van der Waals surface area contributed by atoms with Crippen molar-refractivity contribution in [3.63, 3.8) is 0 Å². The summed E-state index contributed by atoms with van der Waals surface area (Å²) in [6.45, 7) is 4.02. The van der Waals surface area contributed by atoms with Gasteiger partial charge in [-0.05, 0) is 36.6 Å². The summed E-state index contributed by atoms with van der Waals surface area (Å²) in [5.41, 5.74) is 3.84. The van der Waals surface area contributed by atoms with Gasteiger partial charge in [0.1, 0.15) is 4.34 Å². The van der Waals surface area contributed by atoms with Gasteiger partial charge < -0.3 is 0 Å². The minimum absolute atomic E-state index is 0.0144. The van der Waals surface area contributed by atoms with Crippen molar-refractivity contribution >= 4 is 40.3 Å². The van der Waals surface area contributed by atoms with Crippen LogP contribution in [-0.2, 0) is 6.42 Å². The van der Waals surface area contributed by atoms with E-state index in [4.69, 9.17) is 23.2 Å². The van der Waals surface area contributed by atoms with E-state index >= 15 is 0 Å².